The van der Waals surface area contributed by atoms with Gasteiger partial charge >= 0.3 is 6.03 Å². The molecule has 0 bridgehead atoms. The standard InChI is InChI=1S/C25H29ClFN5O2/c1-5-14-31(24(34)28-20-9-7-6-8-19(20)27)16-23(33)29-22-15-21(25(2,3)4)30-32(22)18-12-10-17(26)11-13-18/h6-13,15H,5,14,16H2,1-4H3,(H,28,34)(H,29,33). The zero-order chi connectivity index (χ0) is 24.9. The van der Waals surface area contributed by atoms with E-state index >= 15 is 0 Å². The average molecular weight is 486 g/mol. The first kappa shape index (κ1) is 25.2. The smallest absolute Gasteiger partial charge is 0.315 e. The number of benzene rings is 2. The summed E-state index contributed by atoms with van der Waals surface area (Å²) in [6, 6.07) is 14.3. The van der Waals surface area contributed by atoms with E-state index in [0.29, 0.717) is 23.8 Å². The van der Waals surface area contributed by atoms with Crippen molar-refractivity contribution < 1.29 is 14.0 Å². The Morgan fingerprint density at radius 2 is 1.76 bits per heavy atom. The fourth-order valence-electron chi connectivity index (χ4n) is 3.25. The van der Waals surface area contributed by atoms with Crippen molar-refractivity contribution in [1.29, 1.82) is 0 Å². The molecular weight excluding hydrogens is 457 g/mol. The van der Waals surface area contributed by atoms with Gasteiger partial charge in [0, 0.05) is 23.0 Å². The SMILES string of the molecule is CCCN(CC(=O)Nc1cc(C(C)(C)C)nn1-c1ccc(Cl)cc1)C(=O)Nc1ccccc1F. The number of anilines is 2. The molecule has 0 saturated heterocycles. The number of halogens is 2. The summed E-state index contributed by atoms with van der Waals surface area (Å²) in [6.45, 7) is 8.12. The van der Waals surface area contributed by atoms with Crippen LogP contribution in [-0.4, -0.2) is 39.7 Å². The number of hydrogen-bond donors (Lipinski definition) is 2. The van der Waals surface area contributed by atoms with Gasteiger partial charge in [0.25, 0.3) is 0 Å². The van der Waals surface area contributed by atoms with E-state index in [2.05, 4.69) is 15.7 Å². The number of hydrogen-bond acceptors (Lipinski definition) is 3. The van der Waals surface area contributed by atoms with Gasteiger partial charge in [-0.1, -0.05) is 51.4 Å². The van der Waals surface area contributed by atoms with Crippen molar-refractivity contribution in [3.63, 3.8) is 0 Å². The molecule has 3 aromatic rings. The van der Waals surface area contributed by atoms with Crippen molar-refractivity contribution in [2.75, 3.05) is 23.7 Å². The van der Waals surface area contributed by atoms with Crippen molar-refractivity contribution in [2.24, 2.45) is 0 Å². The van der Waals surface area contributed by atoms with Gasteiger partial charge in [-0.3, -0.25) is 4.79 Å². The van der Waals surface area contributed by atoms with Gasteiger partial charge in [-0.25, -0.2) is 13.9 Å². The highest BCUT2D eigenvalue weighted by molar-refractivity contribution is 6.30. The number of carbonyl (C=O) groups is 2. The number of nitrogens with one attached hydrogen (secondary N) is 2. The number of carbonyl (C=O) groups excluding carboxylic acids is 2. The highest BCUT2D eigenvalue weighted by Gasteiger charge is 2.23. The Kier molecular flexibility index (Phi) is 7.94. The molecule has 0 saturated carbocycles. The number of urea groups is 1. The van der Waals surface area contributed by atoms with E-state index in [1.165, 1.54) is 23.1 Å². The lowest BCUT2D eigenvalue weighted by molar-refractivity contribution is -0.116. The Bertz CT molecular complexity index is 1150. The topological polar surface area (TPSA) is 79.3 Å². The van der Waals surface area contributed by atoms with Gasteiger partial charge in [-0.15, -0.1) is 0 Å². The molecule has 0 fully saturated rings. The van der Waals surface area contributed by atoms with E-state index in [9.17, 15) is 14.0 Å². The van der Waals surface area contributed by atoms with Gasteiger partial charge < -0.3 is 15.5 Å². The molecule has 3 rings (SSSR count). The minimum atomic E-state index is -0.552. The molecule has 1 heterocycles. The Morgan fingerprint density at radius 3 is 2.38 bits per heavy atom. The van der Waals surface area contributed by atoms with Gasteiger partial charge in [0.1, 0.15) is 18.2 Å². The van der Waals surface area contributed by atoms with Crippen molar-refractivity contribution in [3.05, 3.63) is 71.1 Å². The van der Waals surface area contributed by atoms with Crippen LogP contribution in [0.4, 0.5) is 20.7 Å². The Hall–Kier alpha value is -3.39. The summed E-state index contributed by atoms with van der Waals surface area (Å²) in [5.41, 5.74) is 1.34. The van der Waals surface area contributed by atoms with Crippen LogP contribution in [0.25, 0.3) is 5.69 Å². The van der Waals surface area contributed by atoms with Crippen molar-refractivity contribution >= 4 is 35.0 Å². The van der Waals surface area contributed by atoms with Crippen LogP contribution in [0.5, 0.6) is 0 Å². The van der Waals surface area contributed by atoms with Crippen LogP contribution in [-0.2, 0) is 10.2 Å². The van der Waals surface area contributed by atoms with E-state index in [1.807, 2.05) is 45.9 Å². The molecule has 34 heavy (non-hydrogen) atoms. The van der Waals surface area contributed by atoms with Crippen LogP contribution in [0.15, 0.2) is 54.6 Å². The minimum absolute atomic E-state index is 0.0599. The summed E-state index contributed by atoms with van der Waals surface area (Å²) in [6.07, 6.45) is 0.634. The highest BCUT2D eigenvalue weighted by atomic mass is 35.5. The Balaban J connectivity index is 1.80. The highest BCUT2D eigenvalue weighted by Crippen LogP contribution is 2.27. The molecule has 180 valence electrons. The van der Waals surface area contributed by atoms with Crippen LogP contribution >= 0.6 is 11.6 Å². The fourth-order valence-corrected chi connectivity index (χ4v) is 3.38. The van der Waals surface area contributed by atoms with E-state index in [-0.39, 0.29) is 17.6 Å². The molecule has 0 radical (unpaired) electrons. The Morgan fingerprint density at radius 1 is 1.09 bits per heavy atom. The van der Waals surface area contributed by atoms with Crippen molar-refractivity contribution in [2.45, 2.75) is 39.5 Å². The number of nitrogens with zero attached hydrogens (tertiary/aromatic N) is 3. The zero-order valence-corrected chi connectivity index (χ0v) is 20.5. The van der Waals surface area contributed by atoms with Crippen LogP contribution in [0.1, 0.15) is 39.8 Å². The first-order valence-electron chi connectivity index (χ1n) is 11.0. The van der Waals surface area contributed by atoms with Gasteiger partial charge in [0.15, 0.2) is 0 Å². The van der Waals surface area contributed by atoms with Gasteiger partial charge in [0.2, 0.25) is 5.91 Å². The maximum Gasteiger partial charge on any atom is 0.322 e. The predicted octanol–water partition coefficient (Wildman–Crippen LogP) is 5.84. The molecular formula is C25H29ClFN5O2. The average Bonchev–Trinajstić information content (AvgIpc) is 3.19. The van der Waals surface area contributed by atoms with Gasteiger partial charge in [-0.05, 0) is 42.8 Å². The molecule has 0 unspecified atom stereocenters. The third-order valence-electron chi connectivity index (χ3n) is 5.05. The number of para-hydroxylation sites is 1. The maximum absolute atomic E-state index is 13.9. The molecule has 7 nitrogen and oxygen atoms in total. The molecule has 0 spiro atoms. The van der Waals surface area contributed by atoms with Crippen LogP contribution in [0.3, 0.4) is 0 Å². The molecule has 0 atom stereocenters. The predicted molar refractivity (Wildman–Crippen MR) is 133 cm³/mol. The quantitative estimate of drug-likeness (QED) is 0.441. The van der Waals surface area contributed by atoms with E-state index in [0.717, 1.165) is 11.4 Å². The van der Waals surface area contributed by atoms with Crippen LogP contribution in [0, 0.1) is 5.82 Å². The lowest BCUT2D eigenvalue weighted by Crippen LogP contribution is -2.41. The first-order valence-corrected chi connectivity index (χ1v) is 11.4. The number of rotatable bonds is 7. The summed E-state index contributed by atoms with van der Waals surface area (Å²) in [5, 5.41) is 10.7. The second-order valence-electron chi connectivity index (χ2n) is 8.93. The van der Waals surface area contributed by atoms with Crippen LogP contribution < -0.4 is 10.6 Å². The molecule has 1 aromatic heterocycles. The maximum atomic E-state index is 13.9. The number of aromatic nitrogens is 2. The molecule has 3 amide bonds. The zero-order valence-electron chi connectivity index (χ0n) is 19.7. The second-order valence-corrected chi connectivity index (χ2v) is 9.37. The number of amides is 3. The fraction of sp³-hybridized carbons (Fsp3) is 0.320. The third kappa shape index (κ3) is 6.35. The second kappa shape index (κ2) is 10.7. The summed E-state index contributed by atoms with van der Waals surface area (Å²) >= 11 is 6.02. The first-order chi connectivity index (χ1) is 16.1. The molecule has 9 heteroatoms. The van der Waals surface area contributed by atoms with Gasteiger partial charge in [0.05, 0.1) is 17.1 Å². The lowest BCUT2D eigenvalue weighted by atomic mass is 9.92. The van der Waals surface area contributed by atoms with E-state index in [4.69, 9.17) is 11.6 Å². The van der Waals surface area contributed by atoms with Crippen LogP contribution in [0.2, 0.25) is 5.02 Å². The molecule has 0 aliphatic carbocycles. The minimum Gasteiger partial charge on any atom is -0.315 e. The molecule has 2 aromatic carbocycles. The molecule has 0 aliphatic rings. The normalized spacial score (nSPS) is 11.2. The summed E-state index contributed by atoms with van der Waals surface area (Å²) < 4.78 is 15.6. The summed E-state index contributed by atoms with van der Waals surface area (Å²) in [7, 11) is 0. The molecule has 0 aliphatic heterocycles. The van der Waals surface area contributed by atoms with Crippen molar-refractivity contribution in [1.82, 2.24) is 14.7 Å². The van der Waals surface area contributed by atoms with E-state index in [1.54, 1.807) is 22.9 Å². The van der Waals surface area contributed by atoms with Gasteiger partial charge in [-0.2, -0.15) is 5.10 Å². The molecule has 2 N–H and O–H groups in total. The lowest BCUT2D eigenvalue weighted by Gasteiger charge is -2.22. The monoisotopic (exact) mass is 485 g/mol. The summed E-state index contributed by atoms with van der Waals surface area (Å²) in [5.74, 6) is -0.464. The third-order valence-corrected chi connectivity index (χ3v) is 5.30. The largest absolute Gasteiger partial charge is 0.322 e. The summed E-state index contributed by atoms with van der Waals surface area (Å²) in [4.78, 5) is 27.0. The Labute approximate surface area is 203 Å². The van der Waals surface area contributed by atoms with Crippen molar-refractivity contribution in [3.8, 4) is 5.69 Å². The van der Waals surface area contributed by atoms with E-state index < -0.39 is 17.8 Å².